The van der Waals surface area contributed by atoms with E-state index in [-0.39, 0.29) is 11.6 Å². The lowest BCUT2D eigenvalue weighted by Gasteiger charge is -2.22. The van der Waals surface area contributed by atoms with Crippen molar-refractivity contribution in [3.05, 3.63) is 181 Å². The number of benzene rings is 10. The maximum Gasteiger partial charge on any atom is 0.123 e. The van der Waals surface area contributed by atoms with E-state index in [2.05, 4.69) is 121 Å². The van der Waals surface area contributed by atoms with Gasteiger partial charge in [0.1, 0.15) is 11.6 Å². The van der Waals surface area contributed by atoms with Crippen molar-refractivity contribution in [3.8, 4) is 44.5 Å². The summed E-state index contributed by atoms with van der Waals surface area (Å²) in [6.45, 7) is 0. The van der Waals surface area contributed by atoms with E-state index >= 15 is 0 Å². The van der Waals surface area contributed by atoms with Crippen molar-refractivity contribution < 1.29 is 8.78 Å². The van der Waals surface area contributed by atoms with Gasteiger partial charge in [-0.3, -0.25) is 0 Å². The van der Waals surface area contributed by atoms with Gasteiger partial charge in [-0.25, -0.2) is 8.78 Å². The number of halogens is 2. The third kappa shape index (κ3) is 4.35. The third-order valence-corrected chi connectivity index (χ3v) is 10.4. The van der Waals surface area contributed by atoms with Gasteiger partial charge >= 0.3 is 0 Å². The average Bonchev–Trinajstić information content (AvgIpc) is 3.17. The fourth-order valence-electron chi connectivity index (χ4n) is 8.10. The summed E-state index contributed by atoms with van der Waals surface area (Å²) in [6, 6.07) is 57.2. The maximum atomic E-state index is 14.3. The SMILES string of the molecule is Fc1ccc(-c2cc(-c3cccc4ccccc34)c3ccc4c(-c5ccc(F)cc5)cc(-c5cccc6ccccc56)c5ccc2c3c45)cc1. The van der Waals surface area contributed by atoms with Crippen LogP contribution in [0.2, 0.25) is 0 Å². The lowest BCUT2D eigenvalue weighted by atomic mass is 9.81. The number of hydrogen-bond donors (Lipinski definition) is 0. The molecule has 50 heavy (non-hydrogen) atoms. The van der Waals surface area contributed by atoms with Crippen LogP contribution in [0.4, 0.5) is 8.78 Å². The van der Waals surface area contributed by atoms with Gasteiger partial charge in [0.05, 0.1) is 0 Å². The first-order valence-corrected chi connectivity index (χ1v) is 16.9. The highest BCUT2D eigenvalue weighted by Gasteiger charge is 2.22. The lowest BCUT2D eigenvalue weighted by molar-refractivity contribution is 0.627. The summed E-state index contributed by atoms with van der Waals surface area (Å²) in [7, 11) is 0. The smallest absolute Gasteiger partial charge is 0.123 e. The van der Waals surface area contributed by atoms with Crippen molar-refractivity contribution in [2.75, 3.05) is 0 Å². The van der Waals surface area contributed by atoms with E-state index in [1.165, 1.54) is 45.8 Å². The minimum atomic E-state index is -0.260. The highest BCUT2D eigenvalue weighted by molar-refractivity contribution is 6.32. The van der Waals surface area contributed by atoms with Gasteiger partial charge in [0.2, 0.25) is 0 Å². The molecule has 0 fully saturated rings. The van der Waals surface area contributed by atoms with Crippen molar-refractivity contribution in [3.63, 3.8) is 0 Å². The van der Waals surface area contributed by atoms with Crippen molar-refractivity contribution in [2.45, 2.75) is 0 Å². The van der Waals surface area contributed by atoms with E-state index in [0.29, 0.717) is 0 Å². The second-order valence-corrected chi connectivity index (χ2v) is 13.1. The standard InChI is InChI=1S/C48H28F2/c49-33-19-15-31(16-20-33)43-27-45(37-13-5-9-29-7-1-3-11-35(29)37)41-25-23-40-44(32-17-21-34(50)22-18-32)28-46(42-26-24-39(43)47(41)48(40)42)38-14-6-10-30-8-2-4-12-36(30)38/h1-28H. The molecule has 0 atom stereocenters. The van der Waals surface area contributed by atoms with E-state index in [1.807, 2.05) is 24.3 Å². The fourth-order valence-corrected chi connectivity index (χ4v) is 8.10. The van der Waals surface area contributed by atoms with Gasteiger partial charge in [0.25, 0.3) is 0 Å². The maximum absolute atomic E-state index is 14.3. The van der Waals surface area contributed by atoms with E-state index in [0.717, 1.165) is 76.8 Å². The molecule has 0 saturated heterocycles. The monoisotopic (exact) mass is 642 g/mol. The molecular formula is C48H28F2. The Bertz CT molecular complexity index is 2710. The summed E-state index contributed by atoms with van der Waals surface area (Å²) >= 11 is 0. The molecule has 0 aromatic heterocycles. The Kier molecular flexibility index (Phi) is 6.34. The van der Waals surface area contributed by atoms with Gasteiger partial charge in [0.15, 0.2) is 0 Å². The molecule has 0 bridgehead atoms. The molecule has 0 spiro atoms. The Morgan fingerprint density at radius 3 is 1.04 bits per heavy atom. The van der Waals surface area contributed by atoms with Crippen LogP contribution < -0.4 is 0 Å². The Morgan fingerprint density at radius 2 is 0.620 bits per heavy atom. The van der Waals surface area contributed by atoms with Crippen molar-refractivity contribution in [2.24, 2.45) is 0 Å². The number of rotatable bonds is 4. The largest absolute Gasteiger partial charge is 0.207 e. The van der Waals surface area contributed by atoms with E-state index in [9.17, 15) is 8.78 Å². The molecule has 0 unspecified atom stereocenters. The molecule has 0 heterocycles. The highest BCUT2D eigenvalue weighted by atomic mass is 19.1. The van der Waals surface area contributed by atoms with Crippen molar-refractivity contribution >= 4 is 53.9 Å². The number of fused-ring (bicyclic) bond motifs is 2. The molecule has 10 aromatic carbocycles. The van der Waals surface area contributed by atoms with E-state index in [1.54, 1.807) is 0 Å². The normalized spacial score (nSPS) is 11.8. The first kappa shape index (κ1) is 28.6. The summed E-state index contributed by atoms with van der Waals surface area (Å²) in [5, 5.41) is 11.6. The predicted molar refractivity (Wildman–Crippen MR) is 207 cm³/mol. The molecule has 10 rings (SSSR count). The van der Waals surface area contributed by atoms with E-state index in [4.69, 9.17) is 0 Å². The summed E-state index contributed by atoms with van der Waals surface area (Å²) in [5.74, 6) is -0.520. The molecule has 2 heteroatoms. The zero-order valence-electron chi connectivity index (χ0n) is 26.9. The zero-order chi connectivity index (χ0) is 33.3. The van der Waals surface area contributed by atoms with Crippen LogP contribution in [0, 0.1) is 11.6 Å². The topological polar surface area (TPSA) is 0 Å². The van der Waals surface area contributed by atoms with Gasteiger partial charge in [-0.2, -0.15) is 0 Å². The second-order valence-electron chi connectivity index (χ2n) is 13.1. The first-order chi connectivity index (χ1) is 24.6. The molecule has 0 aliphatic heterocycles. The quantitative estimate of drug-likeness (QED) is 0.168. The summed E-state index contributed by atoms with van der Waals surface area (Å²) in [4.78, 5) is 0. The third-order valence-electron chi connectivity index (χ3n) is 10.4. The molecule has 234 valence electrons. The molecule has 0 aliphatic rings. The average molecular weight is 643 g/mol. The molecule has 0 amide bonds. The van der Waals surface area contributed by atoms with Crippen LogP contribution in [0.3, 0.4) is 0 Å². The van der Waals surface area contributed by atoms with Crippen LogP contribution in [-0.2, 0) is 0 Å². The van der Waals surface area contributed by atoms with Crippen LogP contribution in [0.25, 0.3) is 98.4 Å². The number of hydrogen-bond acceptors (Lipinski definition) is 0. The van der Waals surface area contributed by atoms with Crippen molar-refractivity contribution in [1.82, 2.24) is 0 Å². The minimum absolute atomic E-state index is 0.260. The Morgan fingerprint density at radius 1 is 0.260 bits per heavy atom. The molecule has 0 nitrogen and oxygen atoms in total. The second kappa shape index (κ2) is 11.1. The highest BCUT2D eigenvalue weighted by Crippen LogP contribution is 2.49. The first-order valence-electron chi connectivity index (χ1n) is 16.9. The fraction of sp³-hybridized carbons (Fsp3) is 0. The Labute approximate surface area is 287 Å². The molecular weight excluding hydrogens is 615 g/mol. The van der Waals surface area contributed by atoms with Crippen LogP contribution in [0.1, 0.15) is 0 Å². The molecule has 10 aromatic rings. The Balaban J connectivity index is 1.41. The molecule has 0 aliphatic carbocycles. The molecule has 0 radical (unpaired) electrons. The van der Waals surface area contributed by atoms with Crippen LogP contribution in [0.5, 0.6) is 0 Å². The zero-order valence-corrected chi connectivity index (χ0v) is 26.9. The summed E-state index contributed by atoms with van der Waals surface area (Å²) in [5.41, 5.74) is 8.57. The van der Waals surface area contributed by atoms with E-state index < -0.39 is 0 Å². The van der Waals surface area contributed by atoms with Crippen LogP contribution in [0.15, 0.2) is 170 Å². The Hall–Kier alpha value is -6.38. The van der Waals surface area contributed by atoms with Gasteiger partial charge in [-0.05, 0) is 135 Å². The van der Waals surface area contributed by atoms with Gasteiger partial charge in [-0.1, -0.05) is 133 Å². The lowest BCUT2D eigenvalue weighted by Crippen LogP contribution is -1.95. The summed E-state index contributed by atoms with van der Waals surface area (Å²) in [6.07, 6.45) is 0. The molecule has 0 N–H and O–H groups in total. The molecule has 0 saturated carbocycles. The summed E-state index contributed by atoms with van der Waals surface area (Å²) < 4.78 is 28.6. The van der Waals surface area contributed by atoms with Crippen LogP contribution in [-0.4, -0.2) is 0 Å². The van der Waals surface area contributed by atoms with Gasteiger partial charge in [0, 0.05) is 0 Å². The predicted octanol–water partition coefficient (Wildman–Crippen LogP) is 13.8. The van der Waals surface area contributed by atoms with Gasteiger partial charge in [-0.15, -0.1) is 0 Å². The van der Waals surface area contributed by atoms with Crippen LogP contribution >= 0.6 is 0 Å². The van der Waals surface area contributed by atoms with Gasteiger partial charge < -0.3 is 0 Å². The minimum Gasteiger partial charge on any atom is -0.207 e. The van der Waals surface area contributed by atoms with Crippen molar-refractivity contribution in [1.29, 1.82) is 0 Å².